The number of nitrogens with zero attached hydrogens (tertiary/aromatic N) is 2. The van der Waals surface area contributed by atoms with Crippen molar-refractivity contribution in [3.8, 4) is 6.07 Å². The molecule has 0 amide bonds. The van der Waals surface area contributed by atoms with Gasteiger partial charge in [-0.2, -0.15) is 5.26 Å². The third-order valence-electron chi connectivity index (χ3n) is 1.93. The van der Waals surface area contributed by atoms with Gasteiger partial charge in [0.05, 0.1) is 18.4 Å². The van der Waals surface area contributed by atoms with Gasteiger partial charge in [-0.15, -0.1) is 0 Å². The van der Waals surface area contributed by atoms with Crippen LogP contribution in [0.1, 0.15) is 6.92 Å². The van der Waals surface area contributed by atoms with Crippen LogP contribution in [0.2, 0.25) is 0 Å². The molecule has 80 valence electrons. The highest BCUT2D eigenvalue weighted by molar-refractivity contribution is 5.33. The molecule has 5 heteroatoms. The summed E-state index contributed by atoms with van der Waals surface area (Å²) in [5, 5.41) is 8.47. The van der Waals surface area contributed by atoms with Crippen LogP contribution in [-0.4, -0.2) is 17.3 Å². The smallest absolute Gasteiger partial charge is 0.273 e. The molecule has 2 N–H and O–H groups in total. The first-order valence-electron chi connectivity index (χ1n) is 4.61. The maximum atomic E-state index is 11.4. The molecule has 0 saturated heterocycles. The Morgan fingerprint density at radius 2 is 2.47 bits per heavy atom. The van der Waals surface area contributed by atoms with Crippen molar-refractivity contribution in [2.75, 3.05) is 12.3 Å². The van der Waals surface area contributed by atoms with Crippen LogP contribution in [0.25, 0.3) is 0 Å². The van der Waals surface area contributed by atoms with Gasteiger partial charge < -0.3 is 15.0 Å². The zero-order valence-electron chi connectivity index (χ0n) is 8.51. The summed E-state index contributed by atoms with van der Waals surface area (Å²) in [5.41, 5.74) is 5.43. The predicted octanol–water partition coefficient (Wildman–Crippen LogP) is 0.359. The maximum absolute atomic E-state index is 11.4. The van der Waals surface area contributed by atoms with E-state index in [1.165, 1.54) is 4.57 Å². The molecule has 1 unspecified atom stereocenters. The topological polar surface area (TPSA) is 81.0 Å². The molecule has 1 heterocycles. The first kappa shape index (κ1) is 11.3. The largest absolute Gasteiger partial charge is 0.394 e. The Labute approximate surface area is 87.7 Å². The molecule has 0 aromatic carbocycles. The van der Waals surface area contributed by atoms with Gasteiger partial charge in [-0.3, -0.25) is 4.79 Å². The van der Waals surface area contributed by atoms with E-state index >= 15 is 0 Å². The van der Waals surface area contributed by atoms with Gasteiger partial charge in [-0.05, 0) is 19.1 Å². The highest BCUT2D eigenvalue weighted by Crippen LogP contribution is 1.93. The van der Waals surface area contributed by atoms with Crippen LogP contribution >= 0.6 is 0 Å². The molecule has 1 rings (SSSR count). The number of aromatic nitrogens is 1. The van der Waals surface area contributed by atoms with Crippen LogP contribution in [0.15, 0.2) is 23.1 Å². The van der Waals surface area contributed by atoms with Crippen molar-refractivity contribution in [2.45, 2.75) is 19.6 Å². The number of pyridine rings is 1. The van der Waals surface area contributed by atoms with E-state index in [4.69, 9.17) is 15.7 Å². The summed E-state index contributed by atoms with van der Waals surface area (Å²) in [6, 6.07) is 5.19. The van der Waals surface area contributed by atoms with Crippen LogP contribution in [0.5, 0.6) is 0 Å². The number of nitriles is 1. The average Bonchev–Trinajstić information content (AvgIpc) is 2.24. The minimum absolute atomic E-state index is 0.214. The summed E-state index contributed by atoms with van der Waals surface area (Å²) in [7, 11) is 0. The van der Waals surface area contributed by atoms with E-state index in [0.717, 1.165) is 0 Å². The van der Waals surface area contributed by atoms with Crippen LogP contribution in [0.4, 0.5) is 5.69 Å². The van der Waals surface area contributed by atoms with Crippen LogP contribution < -0.4 is 11.3 Å². The van der Waals surface area contributed by atoms with Crippen molar-refractivity contribution >= 4 is 5.69 Å². The third kappa shape index (κ3) is 3.11. The lowest BCUT2D eigenvalue weighted by Gasteiger charge is -2.08. The number of hydrogen-bond donors (Lipinski definition) is 1. The Hall–Kier alpha value is -1.80. The van der Waals surface area contributed by atoms with E-state index in [-0.39, 0.29) is 11.2 Å². The van der Waals surface area contributed by atoms with Gasteiger partial charge in [0.25, 0.3) is 5.56 Å². The van der Waals surface area contributed by atoms with Gasteiger partial charge in [0.1, 0.15) is 6.10 Å². The second kappa shape index (κ2) is 5.17. The van der Waals surface area contributed by atoms with Crippen molar-refractivity contribution in [3.05, 3.63) is 28.7 Å². The van der Waals surface area contributed by atoms with Crippen LogP contribution in [0, 0.1) is 11.3 Å². The Balaban J connectivity index is 2.56. The minimum atomic E-state index is -0.457. The van der Waals surface area contributed by atoms with Crippen molar-refractivity contribution in [1.82, 2.24) is 4.57 Å². The fourth-order valence-electron chi connectivity index (χ4n) is 1.10. The summed E-state index contributed by atoms with van der Waals surface area (Å²) in [6.07, 6.45) is 1.18. The molecule has 0 aliphatic carbocycles. The molecule has 0 fully saturated rings. The molecule has 0 aliphatic rings. The highest BCUT2D eigenvalue weighted by atomic mass is 16.5. The molecule has 0 saturated carbocycles. The van der Waals surface area contributed by atoms with Gasteiger partial charge in [-0.25, -0.2) is 0 Å². The lowest BCUT2D eigenvalue weighted by Crippen LogP contribution is -2.24. The Morgan fingerprint density at radius 1 is 1.73 bits per heavy atom. The normalized spacial score (nSPS) is 12.0. The molecule has 5 nitrogen and oxygen atoms in total. The maximum Gasteiger partial charge on any atom is 0.273 e. The van der Waals surface area contributed by atoms with Gasteiger partial charge in [0.2, 0.25) is 0 Å². The molecule has 1 aromatic rings. The zero-order valence-corrected chi connectivity index (χ0v) is 8.51. The Morgan fingerprint density at radius 3 is 3.13 bits per heavy atom. The fraction of sp³-hybridized carbons (Fsp3) is 0.400. The average molecular weight is 207 g/mol. The highest BCUT2D eigenvalue weighted by Gasteiger charge is 2.01. The third-order valence-corrected chi connectivity index (χ3v) is 1.93. The molecule has 15 heavy (non-hydrogen) atoms. The summed E-state index contributed by atoms with van der Waals surface area (Å²) in [4.78, 5) is 11.4. The van der Waals surface area contributed by atoms with Crippen LogP contribution in [-0.2, 0) is 11.3 Å². The quantitative estimate of drug-likeness (QED) is 0.772. The van der Waals surface area contributed by atoms with E-state index in [0.29, 0.717) is 13.2 Å². The second-order valence-corrected chi connectivity index (χ2v) is 3.10. The lowest BCUT2D eigenvalue weighted by atomic mass is 10.4. The number of nitrogens with two attached hydrogens (primary N) is 1. The van der Waals surface area contributed by atoms with Gasteiger partial charge >= 0.3 is 0 Å². The first-order chi connectivity index (χ1) is 7.15. The Bertz CT molecular complexity index is 419. The van der Waals surface area contributed by atoms with E-state index in [1.54, 1.807) is 25.3 Å². The van der Waals surface area contributed by atoms with Crippen molar-refractivity contribution in [2.24, 2.45) is 0 Å². The number of rotatable bonds is 4. The second-order valence-electron chi connectivity index (χ2n) is 3.10. The van der Waals surface area contributed by atoms with E-state index in [2.05, 4.69) is 0 Å². The van der Waals surface area contributed by atoms with E-state index in [9.17, 15) is 4.79 Å². The van der Waals surface area contributed by atoms with Crippen LogP contribution in [0.3, 0.4) is 0 Å². The molecule has 0 radical (unpaired) electrons. The minimum Gasteiger partial charge on any atom is -0.394 e. The molecule has 0 spiro atoms. The molecule has 1 atom stereocenters. The van der Waals surface area contributed by atoms with Crippen molar-refractivity contribution in [1.29, 1.82) is 5.26 Å². The molecule has 0 aliphatic heterocycles. The van der Waals surface area contributed by atoms with Gasteiger partial charge in [-0.1, -0.05) is 0 Å². The fourth-order valence-corrected chi connectivity index (χ4v) is 1.10. The number of hydrogen-bond acceptors (Lipinski definition) is 4. The standard InChI is InChI=1S/C10H13N3O2/c1-8(7-11)15-6-5-13-4-2-3-9(12)10(13)14/h2-4,8H,5-6,12H2,1H3. The van der Waals surface area contributed by atoms with Crippen molar-refractivity contribution < 1.29 is 4.74 Å². The number of anilines is 1. The summed E-state index contributed by atoms with van der Waals surface area (Å²) < 4.78 is 6.59. The molecule has 1 aromatic heterocycles. The predicted molar refractivity (Wildman–Crippen MR) is 56.1 cm³/mol. The monoisotopic (exact) mass is 207 g/mol. The zero-order chi connectivity index (χ0) is 11.3. The summed E-state index contributed by atoms with van der Waals surface area (Å²) >= 11 is 0. The molecule has 0 bridgehead atoms. The molecular weight excluding hydrogens is 194 g/mol. The Kier molecular flexibility index (Phi) is 3.89. The molecular formula is C10H13N3O2. The van der Waals surface area contributed by atoms with E-state index < -0.39 is 6.10 Å². The van der Waals surface area contributed by atoms with Gasteiger partial charge in [0.15, 0.2) is 0 Å². The van der Waals surface area contributed by atoms with E-state index in [1.807, 2.05) is 6.07 Å². The SMILES string of the molecule is CC(C#N)OCCn1cccc(N)c1=O. The van der Waals surface area contributed by atoms with Gasteiger partial charge in [0, 0.05) is 12.7 Å². The number of nitrogen functional groups attached to an aromatic ring is 1. The first-order valence-corrected chi connectivity index (χ1v) is 4.61. The summed E-state index contributed by atoms with van der Waals surface area (Å²) in [5.74, 6) is 0. The van der Waals surface area contributed by atoms with Crippen molar-refractivity contribution in [3.63, 3.8) is 0 Å². The number of ether oxygens (including phenoxy) is 1. The summed E-state index contributed by atoms with van der Waals surface area (Å²) in [6.45, 7) is 2.37. The lowest BCUT2D eigenvalue weighted by molar-refractivity contribution is 0.0947.